The molecular formula is C8H6N2OS. The number of nitrogens with zero attached hydrogens (tertiary/aromatic N) is 2. The van der Waals surface area contributed by atoms with Crippen molar-refractivity contribution in [2.24, 2.45) is 0 Å². The molecule has 0 saturated heterocycles. The average Bonchev–Trinajstić information content (AvgIpc) is 2.58. The molecule has 0 aliphatic rings. The minimum absolute atomic E-state index is 0.184. The van der Waals surface area contributed by atoms with Gasteiger partial charge in [0, 0.05) is 6.20 Å². The van der Waals surface area contributed by atoms with E-state index in [9.17, 15) is 0 Å². The van der Waals surface area contributed by atoms with E-state index in [2.05, 4.69) is 9.97 Å². The Balaban J connectivity index is 2.43. The van der Waals surface area contributed by atoms with E-state index < -0.39 is 0 Å². The molecular weight excluding hydrogens is 172 g/mol. The highest BCUT2D eigenvalue weighted by molar-refractivity contribution is 7.13. The minimum Gasteiger partial charge on any atom is -0.506 e. The molecule has 1 N–H and O–H groups in total. The Hall–Kier alpha value is -1.42. The summed E-state index contributed by atoms with van der Waals surface area (Å²) in [5, 5.41) is 8.98. The zero-order chi connectivity index (χ0) is 8.39. The number of thiazole rings is 1. The van der Waals surface area contributed by atoms with Gasteiger partial charge >= 0.3 is 0 Å². The fraction of sp³-hybridized carbons (Fsp3) is 0. The standard InChI is InChI=1S/C8H6N2OS/c11-6-1-2-7(10-3-6)8-4-9-5-12-8/h1-5,11H. The van der Waals surface area contributed by atoms with Crippen molar-refractivity contribution in [3.8, 4) is 16.3 Å². The van der Waals surface area contributed by atoms with Crippen LogP contribution in [0.3, 0.4) is 0 Å². The largest absolute Gasteiger partial charge is 0.506 e. The molecule has 0 aromatic carbocycles. The summed E-state index contributed by atoms with van der Waals surface area (Å²) in [6.45, 7) is 0. The molecule has 2 rings (SSSR count). The lowest BCUT2D eigenvalue weighted by molar-refractivity contribution is 0.473. The molecule has 0 aliphatic carbocycles. The summed E-state index contributed by atoms with van der Waals surface area (Å²) in [7, 11) is 0. The quantitative estimate of drug-likeness (QED) is 0.725. The summed E-state index contributed by atoms with van der Waals surface area (Å²) >= 11 is 1.53. The highest BCUT2D eigenvalue weighted by Gasteiger charge is 1.99. The third-order valence-corrected chi connectivity index (χ3v) is 2.23. The van der Waals surface area contributed by atoms with Crippen LogP contribution in [-0.4, -0.2) is 15.1 Å². The van der Waals surface area contributed by atoms with Gasteiger partial charge in [-0.05, 0) is 12.1 Å². The zero-order valence-electron chi connectivity index (χ0n) is 6.14. The van der Waals surface area contributed by atoms with Crippen LogP contribution in [-0.2, 0) is 0 Å². The second kappa shape index (κ2) is 2.91. The smallest absolute Gasteiger partial charge is 0.133 e. The summed E-state index contributed by atoms with van der Waals surface area (Å²) in [5.41, 5.74) is 2.60. The summed E-state index contributed by atoms with van der Waals surface area (Å²) in [6, 6.07) is 3.38. The molecule has 12 heavy (non-hydrogen) atoms. The molecule has 0 unspecified atom stereocenters. The van der Waals surface area contributed by atoms with Gasteiger partial charge in [-0.2, -0.15) is 0 Å². The third kappa shape index (κ3) is 1.29. The van der Waals surface area contributed by atoms with Crippen LogP contribution in [0.5, 0.6) is 5.75 Å². The van der Waals surface area contributed by atoms with Crippen LogP contribution in [0.25, 0.3) is 10.6 Å². The van der Waals surface area contributed by atoms with Crippen LogP contribution in [0.15, 0.2) is 30.0 Å². The van der Waals surface area contributed by atoms with Crippen molar-refractivity contribution in [2.75, 3.05) is 0 Å². The number of hydrogen-bond donors (Lipinski definition) is 1. The van der Waals surface area contributed by atoms with Crippen LogP contribution in [0, 0.1) is 0 Å². The topological polar surface area (TPSA) is 46.0 Å². The molecule has 0 aliphatic heterocycles. The summed E-state index contributed by atoms with van der Waals surface area (Å²) < 4.78 is 0. The molecule has 2 aromatic heterocycles. The molecule has 60 valence electrons. The summed E-state index contributed by atoms with van der Waals surface area (Å²) in [6.07, 6.45) is 3.18. The number of aromatic nitrogens is 2. The first-order chi connectivity index (χ1) is 5.86. The van der Waals surface area contributed by atoms with Crippen LogP contribution in [0.2, 0.25) is 0 Å². The van der Waals surface area contributed by atoms with Crippen LogP contribution in [0.4, 0.5) is 0 Å². The molecule has 3 nitrogen and oxygen atoms in total. The van der Waals surface area contributed by atoms with Gasteiger partial charge in [0.05, 0.1) is 22.3 Å². The van der Waals surface area contributed by atoms with E-state index in [-0.39, 0.29) is 5.75 Å². The normalized spacial score (nSPS) is 10.0. The number of pyridine rings is 1. The first-order valence-electron chi connectivity index (χ1n) is 3.40. The molecule has 0 saturated carbocycles. The van der Waals surface area contributed by atoms with Gasteiger partial charge in [-0.25, -0.2) is 0 Å². The number of aromatic hydroxyl groups is 1. The van der Waals surface area contributed by atoms with Crippen LogP contribution in [0.1, 0.15) is 0 Å². The summed E-state index contributed by atoms with van der Waals surface area (Å²) in [5.74, 6) is 0.184. The monoisotopic (exact) mass is 178 g/mol. The Morgan fingerprint density at radius 2 is 2.17 bits per heavy atom. The van der Waals surface area contributed by atoms with Gasteiger partial charge in [0.15, 0.2) is 0 Å². The molecule has 0 bridgehead atoms. The number of hydrogen-bond acceptors (Lipinski definition) is 4. The van der Waals surface area contributed by atoms with Crippen molar-refractivity contribution in [3.63, 3.8) is 0 Å². The van der Waals surface area contributed by atoms with Gasteiger partial charge < -0.3 is 5.11 Å². The van der Waals surface area contributed by atoms with E-state index in [1.165, 1.54) is 17.5 Å². The lowest BCUT2D eigenvalue weighted by Crippen LogP contribution is -1.77. The molecule has 0 radical (unpaired) electrons. The SMILES string of the molecule is Oc1ccc(-c2cncs2)nc1. The van der Waals surface area contributed by atoms with E-state index in [1.54, 1.807) is 23.8 Å². The predicted octanol–water partition coefficient (Wildman–Crippen LogP) is 1.91. The Bertz CT molecular complexity index is 355. The van der Waals surface area contributed by atoms with Crippen molar-refractivity contribution >= 4 is 11.3 Å². The first-order valence-corrected chi connectivity index (χ1v) is 4.28. The zero-order valence-corrected chi connectivity index (χ0v) is 6.95. The van der Waals surface area contributed by atoms with Crippen LogP contribution < -0.4 is 0 Å². The van der Waals surface area contributed by atoms with Gasteiger partial charge in [-0.3, -0.25) is 9.97 Å². The maximum absolute atomic E-state index is 8.98. The van der Waals surface area contributed by atoms with Gasteiger partial charge in [0.25, 0.3) is 0 Å². The van der Waals surface area contributed by atoms with Gasteiger partial charge in [0.2, 0.25) is 0 Å². The van der Waals surface area contributed by atoms with E-state index in [0.29, 0.717) is 0 Å². The van der Waals surface area contributed by atoms with E-state index >= 15 is 0 Å². The predicted molar refractivity (Wildman–Crippen MR) is 47.0 cm³/mol. The molecule has 0 fully saturated rings. The Morgan fingerprint density at radius 3 is 2.75 bits per heavy atom. The van der Waals surface area contributed by atoms with Gasteiger partial charge in [-0.1, -0.05) is 0 Å². The Morgan fingerprint density at radius 1 is 1.25 bits per heavy atom. The fourth-order valence-electron chi connectivity index (χ4n) is 0.874. The maximum atomic E-state index is 8.98. The van der Waals surface area contributed by atoms with Crippen molar-refractivity contribution in [2.45, 2.75) is 0 Å². The Kier molecular flexibility index (Phi) is 1.75. The molecule has 2 heterocycles. The van der Waals surface area contributed by atoms with Crippen molar-refractivity contribution in [1.29, 1.82) is 0 Å². The van der Waals surface area contributed by atoms with Crippen molar-refractivity contribution < 1.29 is 5.11 Å². The molecule has 2 aromatic rings. The highest BCUT2D eigenvalue weighted by atomic mass is 32.1. The van der Waals surface area contributed by atoms with Gasteiger partial charge in [-0.15, -0.1) is 11.3 Å². The lowest BCUT2D eigenvalue weighted by atomic mass is 10.3. The summed E-state index contributed by atoms with van der Waals surface area (Å²) in [4.78, 5) is 8.99. The number of rotatable bonds is 1. The van der Waals surface area contributed by atoms with Crippen molar-refractivity contribution in [1.82, 2.24) is 9.97 Å². The molecule has 0 atom stereocenters. The molecule has 4 heteroatoms. The second-order valence-corrected chi connectivity index (χ2v) is 3.15. The second-order valence-electron chi connectivity index (χ2n) is 2.27. The average molecular weight is 178 g/mol. The van der Waals surface area contributed by atoms with Crippen LogP contribution >= 0.6 is 11.3 Å². The highest BCUT2D eigenvalue weighted by Crippen LogP contribution is 2.21. The van der Waals surface area contributed by atoms with E-state index in [1.807, 2.05) is 0 Å². The minimum atomic E-state index is 0.184. The Labute approximate surface area is 73.4 Å². The first kappa shape index (κ1) is 7.24. The molecule has 0 spiro atoms. The lowest BCUT2D eigenvalue weighted by Gasteiger charge is -1.94. The molecule has 0 amide bonds. The third-order valence-electron chi connectivity index (χ3n) is 1.43. The fourth-order valence-corrected chi connectivity index (χ4v) is 1.47. The maximum Gasteiger partial charge on any atom is 0.133 e. The van der Waals surface area contributed by atoms with Crippen molar-refractivity contribution in [3.05, 3.63) is 30.0 Å². The van der Waals surface area contributed by atoms with E-state index in [0.717, 1.165) is 10.6 Å². The van der Waals surface area contributed by atoms with Gasteiger partial charge in [0.1, 0.15) is 5.75 Å². The van der Waals surface area contributed by atoms with E-state index in [4.69, 9.17) is 5.11 Å².